The number of nitrogens with zero attached hydrogens (tertiary/aromatic N) is 3. The van der Waals surface area contributed by atoms with Crippen molar-refractivity contribution in [2.75, 3.05) is 26.2 Å². The number of hydrogen-bond acceptors (Lipinski definition) is 3. The monoisotopic (exact) mass is 271 g/mol. The van der Waals surface area contributed by atoms with Crippen LogP contribution in [0.15, 0.2) is 42.7 Å². The average Bonchev–Trinajstić information content (AvgIpc) is 2.98. The molecule has 4 heteroatoms. The summed E-state index contributed by atoms with van der Waals surface area (Å²) in [5.74, 6) is 0.839. The van der Waals surface area contributed by atoms with E-state index in [1.807, 2.05) is 41.2 Å². The number of ether oxygens (including phenoxy) is 1. The lowest BCUT2D eigenvalue weighted by atomic mass is 10.1. The minimum atomic E-state index is 0.737. The number of piperidine rings is 1. The number of likely N-dealkylation sites (tertiary alicyclic amines) is 1. The van der Waals surface area contributed by atoms with Crippen LogP contribution in [-0.2, 0) is 0 Å². The van der Waals surface area contributed by atoms with Crippen molar-refractivity contribution in [3.05, 3.63) is 42.7 Å². The molecule has 0 radical (unpaired) electrons. The SMILES string of the molecule is c1ccc(-n2cc(OCCN3CCCCC3)cn2)cc1. The van der Waals surface area contributed by atoms with E-state index in [0.717, 1.165) is 24.6 Å². The highest BCUT2D eigenvalue weighted by Crippen LogP contribution is 2.14. The predicted octanol–water partition coefficient (Wildman–Crippen LogP) is 2.74. The molecule has 0 atom stereocenters. The lowest BCUT2D eigenvalue weighted by Crippen LogP contribution is -2.33. The molecule has 1 fully saturated rings. The molecule has 1 aromatic carbocycles. The van der Waals surface area contributed by atoms with Crippen molar-refractivity contribution in [1.82, 2.24) is 14.7 Å². The van der Waals surface area contributed by atoms with Gasteiger partial charge >= 0.3 is 0 Å². The predicted molar refractivity (Wildman–Crippen MR) is 79.4 cm³/mol. The van der Waals surface area contributed by atoms with Crippen LogP contribution in [0.25, 0.3) is 5.69 Å². The molecule has 0 bridgehead atoms. The molecule has 0 amide bonds. The molecule has 2 heterocycles. The first-order valence-corrected chi connectivity index (χ1v) is 7.37. The van der Waals surface area contributed by atoms with E-state index in [1.54, 1.807) is 6.20 Å². The third-order valence-corrected chi connectivity index (χ3v) is 3.70. The third-order valence-electron chi connectivity index (χ3n) is 3.70. The van der Waals surface area contributed by atoms with Gasteiger partial charge in [-0.15, -0.1) is 0 Å². The fourth-order valence-electron chi connectivity index (χ4n) is 2.58. The van der Waals surface area contributed by atoms with Gasteiger partial charge in [-0.05, 0) is 38.1 Å². The summed E-state index contributed by atoms with van der Waals surface area (Å²) < 4.78 is 7.63. The van der Waals surface area contributed by atoms with E-state index in [-0.39, 0.29) is 0 Å². The van der Waals surface area contributed by atoms with Crippen LogP contribution in [-0.4, -0.2) is 40.9 Å². The van der Waals surface area contributed by atoms with E-state index in [9.17, 15) is 0 Å². The number of rotatable bonds is 5. The van der Waals surface area contributed by atoms with Crippen LogP contribution in [0, 0.1) is 0 Å². The Hall–Kier alpha value is -1.81. The quantitative estimate of drug-likeness (QED) is 0.837. The van der Waals surface area contributed by atoms with E-state index < -0.39 is 0 Å². The van der Waals surface area contributed by atoms with Crippen LogP contribution < -0.4 is 4.74 Å². The van der Waals surface area contributed by atoms with Gasteiger partial charge in [-0.1, -0.05) is 24.6 Å². The lowest BCUT2D eigenvalue weighted by molar-refractivity contribution is 0.183. The molecule has 3 rings (SSSR count). The molecule has 1 saturated heterocycles. The van der Waals surface area contributed by atoms with Crippen LogP contribution in [0.1, 0.15) is 19.3 Å². The van der Waals surface area contributed by atoms with E-state index in [1.165, 1.54) is 32.4 Å². The van der Waals surface area contributed by atoms with Gasteiger partial charge in [0.2, 0.25) is 0 Å². The summed E-state index contributed by atoms with van der Waals surface area (Å²) in [6.45, 7) is 4.18. The van der Waals surface area contributed by atoms with Crippen molar-refractivity contribution < 1.29 is 4.74 Å². The highest BCUT2D eigenvalue weighted by atomic mass is 16.5. The maximum Gasteiger partial charge on any atom is 0.157 e. The maximum atomic E-state index is 5.79. The smallest absolute Gasteiger partial charge is 0.157 e. The van der Waals surface area contributed by atoms with Crippen molar-refractivity contribution in [3.8, 4) is 11.4 Å². The molecule has 106 valence electrons. The molecule has 2 aromatic rings. The molecule has 1 aliphatic rings. The first kappa shape index (κ1) is 13.2. The maximum absolute atomic E-state index is 5.79. The second-order valence-electron chi connectivity index (χ2n) is 5.21. The van der Waals surface area contributed by atoms with Crippen molar-refractivity contribution in [1.29, 1.82) is 0 Å². The molecule has 0 spiro atoms. The molecule has 0 unspecified atom stereocenters. The normalized spacial score (nSPS) is 16.2. The molecule has 1 aliphatic heterocycles. The summed E-state index contributed by atoms with van der Waals surface area (Å²) in [5, 5.41) is 4.33. The van der Waals surface area contributed by atoms with Crippen LogP contribution in [0.2, 0.25) is 0 Å². The van der Waals surface area contributed by atoms with Crippen molar-refractivity contribution in [3.63, 3.8) is 0 Å². The summed E-state index contributed by atoms with van der Waals surface area (Å²) >= 11 is 0. The molecular formula is C16H21N3O. The fraction of sp³-hybridized carbons (Fsp3) is 0.438. The van der Waals surface area contributed by atoms with Crippen LogP contribution >= 0.6 is 0 Å². The summed E-state index contributed by atoms with van der Waals surface area (Å²) in [5.41, 5.74) is 1.05. The Balaban J connectivity index is 1.50. The zero-order valence-electron chi connectivity index (χ0n) is 11.7. The number of para-hydroxylation sites is 1. The average molecular weight is 271 g/mol. The molecule has 1 aromatic heterocycles. The van der Waals surface area contributed by atoms with Gasteiger partial charge in [-0.25, -0.2) is 4.68 Å². The zero-order chi connectivity index (χ0) is 13.6. The van der Waals surface area contributed by atoms with Crippen LogP contribution in [0.5, 0.6) is 5.75 Å². The van der Waals surface area contributed by atoms with Gasteiger partial charge < -0.3 is 4.74 Å². The summed E-state index contributed by atoms with van der Waals surface area (Å²) in [4.78, 5) is 2.48. The van der Waals surface area contributed by atoms with Crippen molar-refractivity contribution >= 4 is 0 Å². The van der Waals surface area contributed by atoms with E-state index in [0.29, 0.717) is 0 Å². The lowest BCUT2D eigenvalue weighted by Gasteiger charge is -2.25. The molecule has 20 heavy (non-hydrogen) atoms. The Kier molecular flexibility index (Phi) is 4.33. The Morgan fingerprint density at radius 1 is 1.05 bits per heavy atom. The van der Waals surface area contributed by atoms with Gasteiger partial charge in [0.15, 0.2) is 5.75 Å². The van der Waals surface area contributed by atoms with Crippen molar-refractivity contribution in [2.24, 2.45) is 0 Å². The summed E-state index contributed by atoms with van der Waals surface area (Å²) in [6.07, 6.45) is 7.74. The Bertz CT molecular complexity index is 518. The van der Waals surface area contributed by atoms with Gasteiger partial charge in [-0.3, -0.25) is 4.90 Å². The van der Waals surface area contributed by atoms with Crippen LogP contribution in [0.3, 0.4) is 0 Å². The van der Waals surface area contributed by atoms with Gasteiger partial charge in [-0.2, -0.15) is 5.10 Å². The molecule has 0 N–H and O–H groups in total. The largest absolute Gasteiger partial charge is 0.489 e. The van der Waals surface area contributed by atoms with Gasteiger partial charge in [0.05, 0.1) is 18.1 Å². The summed E-state index contributed by atoms with van der Waals surface area (Å²) in [6, 6.07) is 10.1. The highest BCUT2D eigenvalue weighted by Gasteiger charge is 2.09. The second-order valence-corrected chi connectivity index (χ2v) is 5.21. The third kappa shape index (κ3) is 3.39. The number of benzene rings is 1. The first-order valence-electron chi connectivity index (χ1n) is 7.37. The molecular weight excluding hydrogens is 250 g/mol. The molecule has 0 saturated carbocycles. The second kappa shape index (κ2) is 6.57. The minimum Gasteiger partial charge on any atom is -0.489 e. The zero-order valence-corrected chi connectivity index (χ0v) is 11.7. The standard InChI is InChI=1S/C16H21N3O/c1-3-7-15(8-4-1)19-14-16(13-17-19)20-12-11-18-9-5-2-6-10-18/h1,3-4,7-8,13-14H,2,5-6,9-12H2. The van der Waals surface area contributed by atoms with Gasteiger partial charge in [0, 0.05) is 6.54 Å². The van der Waals surface area contributed by atoms with E-state index >= 15 is 0 Å². The highest BCUT2D eigenvalue weighted by molar-refractivity contribution is 5.32. The van der Waals surface area contributed by atoms with Crippen LogP contribution in [0.4, 0.5) is 0 Å². The minimum absolute atomic E-state index is 0.737. The van der Waals surface area contributed by atoms with E-state index in [4.69, 9.17) is 4.74 Å². The summed E-state index contributed by atoms with van der Waals surface area (Å²) in [7, 11) is 0. The molecule has 0 aliphatic carbocycles. The van der Waals surface area contributed by atoms with Gasteiger partial charge in [0.25, 0.3) is 0 Å². The Morgan fingerprint density at radius 3 is 2.65 bits per heavy atom. The Labute approximate surface area is 120 Å². The number of aromatic nitrogens is 2. The first-order chi connectivity index (χ1) is 9.92. The number of hydrogen-bond donors (Lipinski definition) is 0. The Morgan fingerprint density at radius 2 is 1.85 bits per heavy atom. The van der Waals surface area contributed by atoms with Gasteiger partial charge in [0.1, 0.15) is 6.61 Å². The fourth-order valence-corrected chi connectivity index (χ4v) is 2.58. The van der Waals surface area contributed by atoms with Crippen molar-refractivity contribution in [2.45, 2.75) is 19.3 Å². The topological polar surface area (TPSA) is 30.3 Å². The molecule has 4 nitrogen and oxygen atoms in total. The van der Waals surface area contributed by atoms with E-state index in [2.05, 4.69) is 10.00 Å².